The van der Waals surface area contributed by atoms with Gasteiger partial charge in [-0.3, -0.25) is 4.79 Å². The molecule has 2 heterocycles. The number of anilines is 2. The van der Waals surface area contributed by atoms with E-state index in [1.807, 2.05) is 0 Å². The van der Waals surface area contributed by atoms with Gasteiger partial charge in [-0.2, -0.15) is 52.7 Å². The van der Waals surface area contributed by atoms with E-state index in [2.05, 4.69) is 34.2 Å². The van der Waals surface area contributed by atoms with Crippen molar-refractivity contribution in [3.05, 3.63) is 23.5 Å². The zero-order valence-electron chi connectivity index (χ0n) is 22.7. The van der Waals surface area contributed by atoms with Crippen LogP contribution in [0.15, 0.2) is 12.1 Å². The topological polar surface area (TPSA) is 118 Å². The Balaban J connectivity index is 0.000000447. The maximum absolute atomic E-state index is 12.3. The molecule has 44 heavy (non-hydrogen) atoms. The number of nitrogens with zero attached hydrogens (tertiary/aromatic N) is 2. The lowest BCUT2D eigenvalue weighted by atomic mass is 10.3. The SMILES string of the molecule is CCC(=O)Nc1c(OCC(F)(F)F)cc(C)nc1OCC(F)(F)F.Cc1cc(OCC(F)(F)F)c(N)c(OCC(F)(F)F)n1. The molecule has 3 N–H and O–H groups in total. The number of ether oxygens (including phenoxy) is 4. The van der Waals surface area contributed by atoms with Crippen molar-refractivity contribution >= 4 is 17.3 Å². The number of carbonyl (C=O) groups excluding carboxylic acids is 1. The third-order valence-electron chi connectivity index (χ3n) is 4.31. The summed E-state index contributed by atoms with van der Waals surface area (Å²) in [6, 6.07) is 2.12. The minimum absolute atomic E-state index is 0.0545. The summed E-state index contributed by atoms with van der Waals surface area (Å²) in [4.78, 5) is 18.7. The van der Waals surface area contributed by atoms with Crippen LogP contribution in [0.1, 0.15) is 24.7 Å². The Morgan fingerprint density at radius 1 is 0.682 bits per heavy atom. The summed E-state index contributed by atoms with van der Waals surface area (Å²) in [5, 5.41) is 2.14. The van der Waals surface area contributed by atoms with E-state index in [1.165, 1.54) is 20.8 Å². The van der Waals surface area contributed by atoms with Crippen molar-refractivity contribution in [2.45, 2.75) is 51.9 Å². The lowest BCUT2D eigenvalue weighted by molar-refractivity contribution is -0.155. The van der Waals surface area contributed by atoms with E-state index in [4.69, 9.17) is 5.73 Å². The predicted octanol–water partition coefficient (Wildman–Crippen LogP) is 6.48. The van der Waals surface area contributed by atoms with Gasteiger partial charge in [0.05, 0.1) is 0 Å². The van der Waals surface area contributed by atoms with Crippen LogP contribution in [0.2, 0.25) is 0 Å². The number of hydrogen-bond acceptors (Lipinski definition) is 8. The molecule has 9 nitrogen and oxygen atoms in total. The molecule has 0 unspecified atom stereocenters. The van der Waals surface area contributed by atoms with Crippen molar-refractivity contribution in [1.82, 2.24) is 9.97 Å². The van der Waals surface area contributed by atoms with E-state index in [-0.39, 0.29) is 17.8 Å². The molecule has 0 radical (unpaired) electrons. The van der Waals surface area contributed by atoms with Gasteiger partial charge in [0.15, 0.2) is 32.2 Å². The first-order chi connectivity index (χ1) is 19.9. The van der Waals surface area contributed by atoms with Gasteiger partial charge in [-0.25, -0.2) is 9.97 Å². The summed E-state index contributed by atoms with van der Waals surface area (Å²) < 4.78 is 164. The molecule has 2 aromatic heterocycles. The molecule has 0 aliphatic heterocycles. The molecule has 0 atom stereocenters. The van der Waals surface area contributed by atoms with Crippen LogP contribution in [0.3, 0.4) is 0 Å². The summed E-state index contributed by atoms with van der Waals surface area (Å²) >= 11 is 0. The molecule has 0 saturated carbocycles. The molecule has 0 saturated heterocycles. The first-order valence-corrected chi connectivity index (χ1v) is 11.8. The van der Waals surface area contributed by atoms with Gasteiger partial charge in [-0.1, -0.05) is 6.92 Å². The largest absolute Gasteiger partial charge is 0.482 e. The average molecular weight is 664 g/mol. The second-order valence-corrected chi connectivity index (χ2v) is 8.44. The molecule has 1 amide bonds. The third kappa shape index (κ3) is 15.4. The second-order valence-electron chi connectivity index (χ2n) is 8.44. The van der Waals surface area contributed by atoms with Crippen LogP contribution in [0.5, 0.6) is 23.3 Å². The molecule has 0 aliphatic rings. The van der Waals surface area contributed by atoms with E-state index >= 15 is 0 Å². The van der Waals surface area contributed by atoms with Gasteiger partial charge in [0.1, 0.15) is 17.1 Å². The Morgan fingerprint density at radius 3 is 1.48 bits per heavy atom. The summed E-state index contributed by atoms with van der Waals surface area (Å²) in [6.45, 7) is -2.58. The molecule has 0 aromatic carbocycles. The highest BCUT2D eigenvalue weighted by Gasteiger charge is 2.33. The number of nitrogen functional groups attached to an aromatic ring is 1. The minimum Gasteiger partial charge on any atom is -0.482 e. The monoisotopic (exact) mass is 664 g/mol. The third-order valence-corrected chi connectivity index (χ3v) is 4.31. The van der Waals surface area contributed by atoms with E-state index in [0.29, 0.717) is 0 Å². The standard InChI is InChI=1S/C13H14F6N2O3.C10H10F6N2O2/c1-3-9(22)21-10-8(23-5-12(14,15)16)4-7(2)20-11(10)24-6-13(17,18)19;1-5-2-6(19-3-9(11,12)13)7(17)8(18-5)20-4-10(14,15)16/h4H,3,5-6H2,1-2H3,(H,21,22);2H,3-4,17H2,1H3. The number of nitrogens with one attached hydrogen (secondary N) is 1. The number of hydrogen-bond donors (Lipinski definition) is 2. The Kier molecular flexibility index (Phi) is 13.0. The molecule has 2 rings (SSSR count). The van der Waals surface area contributed by atoms with Crippen LogP contribution in [-0.2, 0) is 4.79 Å². The number of alkyl halides is 12. The van der Waals surface area contributed by atoms with Crippen molar-refractivity contribution in [1.29, 1.82) is 0 Å². The smallest absolute Gasteiger partial charge is 0.422 e. The fraction of sp³-hybridized carbons (Fsp3) is 0.522. The van der Waals surface area contributed by atoms with Gasteiger partial charge >= 0.3 is 24.7 Å². The van der Waals surface area contributed by atoms with E-state index in [1.54, 1.807) is 0 Å². The van der Waals surface area contributed by atoms with Gasteiger partial charge in [0.25, 0.3) is 0 Å². The maximum Gasteiger partial charge on any atom is 0.422 e. The molecule has 21 heteroatoms. The van der Waals surface area contributed by atoms with Gasteiger partial charge in [-0.15, -0.1) is 0 Å². The molecule has 2 aromatic rings. The number of aromatic nitrogens is 2. The lowest BCUT2D eigenvalue weighted by Crippen LogP contribution is -2.23. The minimum atomic E-state index is -4.69. The van der Waals surface area contributed by atoms with Gasteiger partial charge in [0, 0.05) is 29.9 Å². The molecule has 0 spiro atoms. The van der Waals surface area contributed by atoms with Crippen molar-refractivity contribution in [2.24, 2.45) is 0 Å². The lowest BCUT2D eigenvalue weighted by Gasteiger charge is -2.18. The van der Waals surface area contributed by atoms with Crippen molar-refractivity contribution in [3.8, 4) is 23.3 Å². The predicted molar refractivity (Wildman–Crippen MR) is 127 cm³/mol. The quantitative estimate of drug-likeness (QED) is 0.278. The van der Waals surface area contributed by atoms with Gasteiger partial charge in [0.2, 0.25) is 17.7 Å². The second kappa shape index (κ2) is 15.1. The van der Waals surface area contributed by atoms with Crippen molar-refractivity contribution in [2.75, 3.05) is 37.5 Å². The number of halogens is 12. The number of rotatable bonds is 10. The molecule has 0 aliphatic carbocycles. The van der Waals surface area contributed by atoms with Crippen LogP contribution >= 0.6 is 0 Å². The fourth-order valence-electron chi connectivity index (χ4n) is 2.65. The average Bonchev–Trinajstić information content (AvgIpc) is 2.85. The van der Waals surface area contributed by atoms with E-state index in [9.17, 15) is 57.5 Å². The van der Waals surface area contributed by atoms with Crippen molar-refractivity contribution in [3.63, 3.8) is 0 Å². The molecule has 0 bridgehead atoms. The Labute approximate surface area is 240 Å². The summed E-state index contributed by atoms with van der Waals surface area (Å²) in [6.07, 6.45) is -18.6. The molecule has 250 valence electrons. The Morgan fingerprint density at radius 2 is 1.05 bits per heavy atom. The van der Waals surface area contributed by atoms with Crippen LogP contribution in [-0.4, -0.2) is 67.0 Å². The van der Waals surface area contributed by atoms with Crippen LogP contribution in [0.25, 0.3) is 0 Å². The number of carbonyl (C=O) groups is 1. The first-order valence-electron chi connectivity index (χ1n) is 11.8. The number of aryl methyl sites for hydroxylation is 2. The number of nitrogens with two attached hydrogens (primary N) is 1. The normalized spacial score (nSPS) is 12.2. The van der Waals surface area contributed by atoms with E-state index < -0.39 is 91.7 Å². The van der Waals surface area contributed by atoms with Gasteiger partial charge in [-0.05, 0) is 13.8 Å². The molecular weight excluding hydrogens is 640 g/mol. The Hall–Kier alpha value is -4.07. The van der Waals surface area contributed by atoms with Crippen LogP contribution in [0, 0.1) is 13.8 Å². The fourth-order valence-corrected chi connectivity index (χ4v) is 2.65. The highest BCUT2D eigenvalue weighted by atomic mass is 19.4. The van der Waals surface area contributed by atoms with E-state index in [0.717, 1.165) is 12.1 Å². The highest BCUT2D eigenvalue weighted by Crippen LogP contribution is 2.36. The summed E-state index contributed by atoms with van der Waals surface area (Å²) in [7, 11) is 0. The first kappa shape index (κ1) is 38.0. The van der Waals surface area contributed by atoms with Crippen molar-refractivity contribution < 1.29 is 76.4 Å². The molecule has 0 fully saturated rings. The zero-order valence-corrected chi connectivity index (χ0v) is 22.7. The zero-order chi connectivity index (χ0) is 34.1. The summed E-state index contributed by atoms with van der Waals surface area (Å²) in [5.74, 6) is -2.88. The maximum atomic E-state index is 12.3. The van der Waals surface area contributed by atoms with Gasteiger partial charge < -0.3 is 30.0 Å². The number of pyridine rings is 2. The highest BCUT2D eigenvalue weighted by molar-refractivity contribution is 5.93. The van der Waals surface area contributed by atoms with Crippen LogP contribution in [0.4, 0.5) is 64.1 Å². The molecular formula is C23H24F12N4O5. The Bertz CT molecular complexity index is 1170. The summed E-state index contributed by atoms with van der Waals surface area (Å²) in [5.41, 5.74) is 4.51. The van der Waals surface area contributed by atoms with Crippen LogP contribution < -0.4 is 30.0 Å². The number of amides is 1.